The summed E-state index contributed by atoms with van der Waals surface area (Å²) in [6.45, 7) is 2.39. The lowest BCUT2D eigenvalue weighted by molar-refractivity contribution is -0.118. The molecule has 8 heteroatoms. The van der Waals surface area contributed by atoms with Crippen LogP contribution in [0.3, 0.4) is 0 Å². The molecule has 0 aromatic heterocycles. The normalized spacial score (nSPS) is 22.6. The molecule has 2 N–H and O–H groups in total. The van der Waals surface area contributed by atoms with Gasteiger partial charge in [-0.05, 0) is 38.0 Å². The van der Waals surface area contributed by atoms with Gasteiger partial charge in [-0.15, -0.1) is 0 Å². The number of carbonyl (C=O) groups is 1. The van der Waals surface area contributed by atoms with Crippen LogP contribution in [0.15, 0.2) is 23.1 Å². The van der Waals surface area contributed by atoms with Crippen LogP contribution < -0.4 is 14.8 Å². The number of ether oxygens (including phenoxy) is 2. The van der Waals surface area contributed by atoms with Crippen molar-refractivity contribution >= 4 is 21.6 Å². The van der Waals surface area contributed by atoms with Crippen LogP contribution in [0.25, 0.3) is 0 Å². The Balaban J connectivity index is 1.80. The van der Waals surface area contributed by atoms with Crippen molar-refractivity contribution in [2.75, 3.05) is 18.5 Å². The summed E-state index contributed by atoms with van der Waals surface area (Å²) >= 11 is 0. The third kappa shape index (κ3) is 3.08. The Morgan fingerprint density at radius 3 is 2.95 bits per heavy atom. The molecule has 0 bridgehead atoms. The smallest absolute Gasteiger partial charge is 0.262 e. The van der Waals surface area contributed by atoms with E-state index >= 15 is 0 Å². The van der Waals surface area contributed by atoms with Gasteiger partial charge in [-0.25, -0.2) is 13.1 Å². The largest absolute Gasteiger partial charge is 0.482 e. The number of nitrogens with one attached hydrogen (secondary N) is 2. The van der Waals surface area contributed by atoms with Crippen molar-refractivity contribution in [3.05, 3.63) is 18.2 Å². The third-order valence-electron chi connectivity index (χ3n) is 3.76. The second kappa shape index (κ2) is 5.86. The molecule has 0 unspecified atom stereocenters. The van der Waals surface area contributed by atoms with E-state index in [-0.39, 0.29) is 29.6 Å². The molecule has 0 saturated carbocycles. The van der Waals surface area contributed by atoms with Crippen LogP contribution in [-0.4, -0.2) is 39.7 Å². The summed E-state index contributed by atoms with van der Waals surface area (Å²) in [6.07, 6.45) is 1.69. The Labute approximate surface area is 129 Å². The minimum atomic E-state index is -3.68. The average Bonchev–Trinajstić information content (AvgIpc) is 3.00. The van der Waals surface area contributed by atoms with Gasteiger partial charge in [0.1, 0.15) is 5.75 Å². The van der Waals surface area contributed by atoms with Gasteiger partial charge in [-0.2, -0.15) is 0 Å². The fraction of sp³-hybridized carbons (Fsp3) is 0.500. The van der Waals surface area contributed by atoms with Gasteiger partial charge in [0.05, 0.1) is 16.7 Å². The summed E-state index contributed by atoms with van der Waals surface area (Å²) in [5.74, 6) is 0.161. The average molecular weight is 326 g/mol. The molecule has 1 fully saturated rings. The Hall–Kier alpha value is -1.64. The van der Waals surface area contributed by atoms with Gasteiger partial charge in [0, 0.05) is 12.6 Å². The van der Waals surface area contributed by atoms with E-state index in [0.717, 1.165) is 12.8 Å². The summed E-state index contributed by atoms with van der Waals surface area (Å²) in [5, 5.41) is 2.60. The van der Waals surface area contributed by atoms with Crippen molar-refractivity contribution in [1.29, 1.82) is 0 Å². The Morgan fingerprint density at radius 2 is 2.23 bits per heavy atom. The Morgan fingerprint density at radius 1 is 1.41 bits per heavy atom. The maximum atomic E-state index is 12.4. The van der Waals surface area contributed by atoms with Gasteiger partial charge >= 0.3 is 0 Å². The van der Waals surface area contributed by atoms with E-state index in [1.807, 2.05) is 0 Å². The fourth-order valence-corrected chi connectivity index (χ4v) is 3.91. The van der Waals surface area contributed by atoms with Crippen molar-refractivity contribution in [1.82, 2.24) is 4.72 Å². The van der Waals surface area contributed by atoms with Crippen molar-refractivity contribution < 1.29 is 22.7 Å². The highest BCUT2D eigenvalue weighted by molar-refractivity contribution is 7.89. The monoisotopic (exact) mass is 326 g/mol. The predicted molar refractivity (Wildman–Crippen MR) is 79.3 cm³/mol. The molecular weight excluding hydrogens is 308 g/mol. The molecule has 1 aromatic rings. The quantitative estimate of drug-likeness (QED) is 0.856. The first-order chi connectivity index (χ1) is 10.5. The lowest BCUT2D eigenvalue weighted by Crippen LogP contribution is -2.40. The molecule has 2 aliphatic heterocycles. The van der Waals surface area contributed by atoms with E-state index in [1.54, 1.807) is 13.0 Å². The van der Waals surface area contributed by atoms with Crippen molar-refractivity contribution in [3.8, 4) is 5.75 Å². The first-order valence-electron chi connectivity index (χ1n) is 7.16. The predicted octanol–water partition coefficient (Wildman–Crippen LogP) is 0.863. The van der Waals surface area contributed by atoms with Crippen molar-refractivity contribution in [2.45, 2.75) is 36.8 Å². The number of sulfonamides is 1. The summed E-state index contributed by atoms with van der Waals surface area (Å²) in [6, 6.07) is 4.09. The minimum absolute atomic E-state index is 0.0621. The Bertz CT molecular complexity index is 682. The Kier molecular flexibility index (Phi) is 4.07. The second-order valence-electron chi connectivity index (χ2n) is 5.46. The molecule has 1 amide bonds. The number of fused-ring (bicyclic) bond motifs is 1. The number of anilines is 1. The molecule has 2 aliphatic rings. The van der Waals surface area contributed by atoms with E-state index in [2.05, 4.69) is 10.0 Å². The fourth-order valence-electron chi connectivity index (χ4n) is 2.61. The zero-order valence-electron chi connectivity index (χ0n) is 12.2. The number of benzene rings is 1. The molecule has 1 aromatic carbocycles. The summed E-state index contributed by atoms with van der Waals surface area (Å²) < 4.78 is 38.2. The van der Waals surface area contributed by atoms with Crippen LogP contribution >= 0.6 is 0 Å². The summed E-state index contributed by atoms with van der Waals surface area (Å²) in [5.41, 5.74) is 0.365. The number of amides is 1. The first-order valence-corrected chi connectivity index (χ1v) is 8.65. The van der Waals surface area contributed by atoms with E-state index < -0.39 is 10.0 Å². The lowest BCUT2D eigenvalue weighted by Gasteiger charge is -2.21. The van der Waals surface area contributed by atoms with Gasteiger partial charge < -0.3 is 14.8 Å². The van der Waals surface area contributed by atoms with E-state index in [4.69, 9.17) is 9.47 Å². The molecule has 0 radical (unpaired) electrons. The highest BCUT2D eigenvalue weighted by atomic mass is 32.2. The first kappa shape index (κ1) is 15.3. The SMILES string of the molecule is C[C@@H](NS(=O)(=O)c1ccc2c(c1)NC(=O)CO2)[C@@H]1CCCO1. The van der Waals surface area contributed by atoms with Crippen molar-refractivity contribution in [3.63, 3.8) is 0 Å². The zero-order chi connectivity index (χ0) is 15.7. The third-order valence-corrected chi connectivity index (χ3v) is 5.31. The van der Waals surface area contributed by atoms with Crippen LogP contribution in [0, 0.1) is 0 Å². The standard InChI is InChI=1S/C14H18N2O5S/c1-9(12-3-2-6-20-12)16-22(18,19)10-4-5-13-11(7-10)15-14(17)8-21-13/h4-5,7,9,12,16H,2-3,6,8H2,1H3,(H,15,17)/t9-,12+/m1/s1. The van der Waals surface area contributed by atoms with Crippen LogP contribution in [-0.2, 0) is 19.6 Å². The molecule has 0 aliphatic carbocycles. The molecule has 120 valence electrons. The van der Waals surface area contributed by atoms with Crippen LogP contribution in [0.5, 0.6) is 5.75 Å². The maximum absolute atomic E-state index is 12.4. The minimum Gasteiger partial charge on any atom is -0.482 e. The lowest BCUT2D eigenvalue weighted by atomic mass is 10.1. The molecule has 1 saturated heterocycles. The van der Waals surface area contributed by atoms with Gasteiger partial charge in [0.15, 0.2) is 6.61 Å². The van der Waals surface area contributed by atoms with Gasteiger partial charge in [-0.3, -0.25) is 4.79 Å². The van der Waals surface area contributed by atoms with Crippen LogP contribution in [0.1, 0.15) is 19.8 Å². The second-order valence-corrected chi connectivity index (χ2v) is 7.17. The van der Waals surface area contributed by atoms with E-state index in [0.29, 0.717) is 18.0 Å². The van der Waals surface area contributed by atoms with Gasteiger partial charge in [0.2, 0.25) is 10.0 Å². The van der Waals surface area contributed by atoms with E-state index in [9.17, 15) is 13.2 Å². The van der Waals surface area contributed by atoms with Crippen molar-refractivity contribution in [2.24, 2.45) is 0 Å². The van der Waals surface area contributed by atoms with Gasteiger partial charge in [0.25, 0.3) is 5.91 Å². The molecule has 0 spiro atoms. The zero-order valence-corrected chi connectivity index (χ0v) is 13.0. The molecule has 22 heavy (non-hydrogen) atoms. The molecule has 3 rings (SSSR count). The molecule has 2 atom stereocenters. The molecule has 7 nitrogen and oxygen atoms in total. The number of hydrogen-bond acceptors (Lipinski definition) is 5. The van der Waals surface area contributed by atoms with Gasteiger partial charge in [-0.1, -0.05) is 0 Å². The number of carbonyl (C=O) groups excluding carboxylic acids is 1. The summed E-state index contributed by atoms with van der Waals surface area (Å²) in [4.78, 5) is 11.4. The van der Waals surface area contributed by atoms with E-state index in [1.165, 1.54) is 12.1 Å². The highest BCUT2D eigenvalue weighted by Crippen LogP contribution is 2.30. The topological polar surface area (TPSA) is 93.7 Å². The maximum Gasteiger partial charge on any atom is 0.262 e. The highest BCUT2D eigenvalue weighted by Gasteiger charge is 2.28. The summed E-state index contributed by atoms with van der Waals surface area (Å²) in [7, 11) is -3.68. The van der Waals surface area contributed by atoms with Crippen LogP contribution in [0.2, 0.25) is 0 Å². The molecule has 2 heterocycles. The number of rotatable bonds is 4. The molecular formula is C14H18N2O5S. The number of hydrogen-bond donors (Lipinski definition) is 2. The van der Waals surface area contributed by atoms with Crippen LogP contribution in [0.4, 0.5) is 5.69 Å².